The van der Waals surface area contributed by atoms with E-state index < -0.39 is 54.6 Å². The van der Waals surface area contributed by atoms with E-state index in [0.29, 0.717) is 6.07 Å². The Morgan fingerprint density at radius 3 is 2.44 bits per heavy atom. The average molecular weight is 391 g/mol. The summed E-state index contributed by atoms with van der Waals surface area (Å²) in [4.78, 5) is 11.5. The van der Waals surface area contributed by atoms with Crippen LogP contribution in [0.5, 0.6) is 0 Å². The molecule has 148 valence electrons. The molecule has 1 fully saturated rings. The van der Waals surface area contributed by atoms with Gasteiger partial charge in [0.15, 0.2) is 6.29 Å². The zero-order valence-electron chi connectivity index (χ0n) is 13.6. The number of halogens is 3. The van der Waals surface area contributed by atoms with E-state index >= 15 is 0 Å². The third-order valence-electron chi connectivity index (χ3n) is 4.27. The van der Waals surface area contributed by atoms with Gasteiger partial charge < -0.3 is 34.9 Å². The maximum absolute atomic E-state index is 12.8. The average Bonchev–Trinajstić information content (AvgIpc) is 2.60. The summed E-state index contributed by atoms with van der Waals surface area (Å²) < 4.78 is 48.0. The van der Waals surface area contributed by atoms with Gasteiger partial charge in [0.05, 0.1) is 6.61 Å². The molecule has 1 saturated heterocycles. The highest BCUT2D eigenvalue weighted by molar-refractivity contribution is 5.81. The van der Waals surface area contributed by atoms with Crippen molar-refractivity contribution >= 4 is 16.7 Å². The van der Waals surface area contributed by atoms with Gasteiger partial charge in [-0.1, -0.05) is 0 Å². The van der Waals surface area contributed by atoms with Gasteiger partial charge in [-0.3, -0.25) is 0 Å². The zero-order chi connectivity index (χ0) is 19.9. The lowest BCUT2D eigenvalue weighted by Gasteiger charge is -2.40. The number of nitrogens with one attached hydrogen (secondary N) is 1. The standard InChI is InChI=1S/C16H16F3NO7/c17-16(18,19)8-3-6-1-2-7(4-9(6)26-14(8)24)20-11-13(23)12(22)10(5-21)27-15(11)25/h1-4,10-13,15,20-23,25H,5H2. The number of hydrogen-bond donors (Lipinski definition) is 5. The van der Waals surface area contributed by atoms with Crippen LogP contribution in [0.1, 0.15) is 5.56 Å². The molecule has 2 heterocycles. The Morgan fingerprint density at radius 1 is 1.11 bits per heavy atom. The summed E-state index contributed by atoms with van der Waals surface area (Å²) in [7, 11) is 0. The Labute approximate surface area is 149 Å². The van der Waals surface area contributed by atoms with E-state index in [1.165, 1.54) is 18.2 Å². The molecule has 0 aliphatic carbocycles. The Morgan fingerprint density at radius 2 is 1.81 bits per heavy atom. The SMILES string of the molecule is O=c1oc2cc(NC3C(O)OC(CO)C(O)C3O)ccc2cc1C(F)(F)F. The molecule has 0 amide bonds. The number of aliphatic hydroxyl groups is 4. The summed E-state index contributed by atoms with van der Waals surface area (Å²) >= 11 is 0. The van der Waals surface area contributed by atoms with Crippen molar-refractivity contribution in [3.8, 4) is 0 Å². The van der Waals surface area contributed by atoms with Gasteiger partial charge in [0.2, 0.25) is 0 Å². The molecule has 1 aromatic heterocycles. The largest absolute Gasteiger partial charge is 0.423 e. The van der Waals surface area contributed by atoms with Crippen LogP contribution in [-0.4, -0.2) is 57.7 Å². The van der Waals surface area contributed by atoms with Crippen LogP contribution in [-0.2, 0) is 10.9 Å². The Balaban J connectivity index is 1.89. The summed E-state index contributed by atoms with van der Waals surface area (Å²) in [6.45, 7) is -0.620. The number of anilines is 1. The fraction of sp³-hybridized carbons (Fsp3) is 0.438. The highest BCUT2D eigenvalue weighted by Gasteiger charge is 2.43. The maximum Gasteiger partial charge on any atom is 0.423 e. The topological polar surface area (TPSA) is 132 Å². The number of hydrogen-bond acceptors (Lipinski definition) is 8. The molecule has 0 bridgehead atoms. The summed E-state index contributed by atoms with van der Waals surface area (Å²) in [5.74, 6) is 0. The lowest BCUT2D eigenvalue weighted by atomic mass is 9.97. The van der Waals surface area contributed by atoms with Gasteiger partial charge >= 0.3 is 11.8 Å². The molecule has 1 aromatic carbocycles. The second kappa shape index (κ2) is 7.09. The van der Waals surface area contributed by atoms with Gasteiger partial charge in [0, 0.05) is 17.1 Å². The van der Waals surface area contributed by atoms with E-state index in [2.05, 4.69) is 5.32 Å². The lowest BCUT2D eigenvalue weighted by Crippen LogP contribution is -2.61. The molecule has 0 radical (unpaired) electrons. The van der Waals surface area contributed by atoms with E-state index in [1.807, 2.05) is 0 Å². The van der Waals surface area contributed by atoms with Crippen molar-refractivity contribution in [1.29, 1.82) is 0 Å². The number of ether oxygens (including phenoxy) is 1. The molecule has 5 unspecified atom stereocenters. The minimum atomic E-state index is -4.85. The fourth-order valence-electron chi connectivity index (χ4n) is 2.84. The number of alkyl halides is 3. The van der Waals surface area contributed by atoms with E-state index in [0.717, 1.165) is 0 Å². The molecule has 0 spiro atoms. The zero-order valence-corrected chi connectivity index (χ0v) is 13.6. The van der Waals surface area contributed by atoms with Gasteiger partial charge in [-0.25, -0.2) is 4.79 Å². The molecule has 1 aliphatic rings. The first kappa shape index (κ1) is 19.6. The Kier molecular flexibility index (Phi) is 5.14. The molecular weight excluding hydrogens is 375 g/mol. The first-order chi connectivity index (χ1) is 12.6. The number of aliphatic hydroxyl groups excluding tert-OH is 4. The molecule has 5 N–H and O–H groups in total. The second-order valence-corrected chi connectivity index (χ2v) is 6.10. The van der Waals surface area contributed by atoms with Crippen molar-refractivity contribution in [2.75, 3.05) is 11.9 Å². The normalized spacial score (nSPS) is 29.1. The number of rotatable bonds is 3. The molecule has 27 heavy (non-hydrogen) atoms. The van der Waals surface area contributed by atoms with Gasteiger partial charge in [-0.15, -0.1) is 0 Å². The monoisotopic (exact) mass is 391 g/mol. The van der Waals surface area contributed by atoms with E-state index in [4.69, 9.17) is 14.3 Å². The minimum absolute atomic E-state index is 0.0221. The third-order valence-corrected chi connectivity index (χ3v) is 4.27. The quantitative estimate of drug-likeness (QED) is 0.463. The minimum Gasteiger partial charge on any atom is -0.422 e. The summed E-state index contributed by atoms with van der Waals surface area (Å²) in [5.41, 5.74) is -2.94. The van der Waals surface area contributed by atoms with Crippen LogP contribution < -0.4 is 10.9 Å². The van der Waals surface area contributed by atoms with Gasteiger partial charge in [0.25, 0.3) is 0 Å². The summed E-state index contributed by atoms with van der Waals surface area (Å²) in [6, 6.07) is 3.26. The molecule has 8 nitrogen and oxygen atoms in total. The first-order valence-corrected chi connectivity index (χ1v) is 7.84. The van der Waals surface area contributed by atoms with Crippen LogP contribution in [0.2, 0.25) is 0 Å². The Bertz CT molecular complexity index is 884. The molecule has 5 atom stereocenters. The van der Waals surface area contributed by atoms with Crippen molar-refractivity contribution in [3.63, 3.8) is 0 Å². The maximum atomic E-state index is 12.8. The molecule has 3 rings (SSSR count). The van der Waals surface area contributed by atoms with Crippen molar-refractivity contribution in [2.24, 2.45) is 0 Å². The van der Waals surface area contributed by atoms with Crippen LogP contribution in [0.15, 0.2) is 33.5 Å². The number of benzene rings is 1. The molecular formula is C16H16F3NO7. The molecule has 2 aromatic rings. The first-order valence-electron chi connectivity index (χ1n) is 7.84. The lowest BCUT2D eigenvalue weighted by molar-refractivity contribution is -0.245. The number of fused-ring (bicyclic) bond motifs is 1. The van der Waals surface area contributed by atoms with Crippen molar-refractivity contribution < 1.29 is 42.8 Å². The van der Waals surface area contributed by atoms with Crippen molar-refractivity contribution in [3.05, 3.63) is 40.2 Å². The van der Waals surface area contributed by atoms with Gasteiger partial charge in [0.1, 0.15) is 35.5 Å². The van der Waals surface area contributed by atoms with Crippen LogP contribution in [0, 0.1) is 0 Å². The predicted molar refractivity (Wildman–Crippen MR) is 84.9 cm³/mol. The van der Waals surface area contributed by atoms with E-state index in [-0.39, 0.29) is 16.7 Å². The predicted octanol–water partition coefficient (Wildman–Crippen LogP) is 0.0236. The fourth-order valence-corrected chi connectivity index (χ4v) is 2.84. The van der Waals surface area contributed by atoms with E-state index in [9.17, 15) is 33.3 Å². The molecule has 11 heteroatoms. The summed E-state index contributed by atoms with van der Waals surface area (Å²) in [5, 5.41) is 41.6. The highest BCUT2D eigenvalue weighted by Crippen LogP contribution is 2.30. The highest BCUT2D eigenvalue weighted by atomic mass is 19.4. The van der Waals surface area contributed by atoms with Crippen molar-refractivity contribution in [1.82, 2.24) is 0 Å². The van der Waals surface area contributed by atoms with Crippen LogP contribution in [0.25, 0.3) is 11.0 Å². The molecule has 0 saturated carbocycles. The third kappa shape index (κ3) is 3.77. The Hall–Kier alpha value is -2.18. The van der Waals surface area contributed by atoms with Crippen LogP contribution >= 0.6 is 0 Å². The smallest absolute Gasteiger partial charge is 0.422 e. The second-order valence-electron chi connectivity index (χ2n) is 6.10. The van der Waals surface area contributed by atoms with E-state index in [1.54, 1.807) is 0 Å². The summed E-state index contributed by atoms with van der Waals surface area (Å²) in [6.07, 6.45) is -10.6. The van der Waals surface area contributed by atoms with Crippen molar-refractivity contribution in [2.45, 2.75) is 36.8 Å². The van der Waals surface area contributed by atoms with Crippen LogP contribution in [0.4, 0.5) is 18.9 Å². The van der Waals surface area contributed by atoms with Crippen LogP contribution in [0.3, 0.4) is 0 Å². The van der Waals surface area contributed by atoms with Gasteiger partial charge in [-0.05, 0) is 18.2 Å². The van der Waals surface area contributed by atoms with Gasteiger partial charge in [-0.2, -0.15) is 13.2 Å². The molecule has 1 aliphatic heterocycles.